The van der Waals surface area contributed by atoms with Gasteiger partial charge in [-0.3, -0.25) is 19.1 Å². The second-order valence-corrected chi connectivity index (χ2v) is 13.9. The van der Waals surface area contributed by atoms with E-state index in [1.165, 1.54) is 12.0 Å². The number of hydrogen-bond acceptors (Lipinski definition) is 8. The van der Waals surface area contributed by atoms with Gasteiger partial charge < -0.3 is 11.1 Å². The van der Waals surface area contributed by atoms with Gasteiger partial charge in [-0.1, -0.05) is 71.1 Å². The van der Waals surface area contributed by atoms with Gasteiger partial charge in [0, 0.05) is 42.5 Å². The Morgan fingerprint density at radius 1 is 0.923 bits per heavy atom. The quantitative estimate of drug-likeness (QED) is 0.156. The lowest BCUT2D eigenvalue weighted by Crippen LogP contribution is -2.42. The summed E-state index contributed by atoms with van der Waals surface area (Å²) >= 11 is 0. The van der Waals surface area contributed by atoms with Gasteiger partial charge in [0.15, 0.2) is 11.5 Å². The van der Waals surface area contributed by atoms with E-state index < -0.39 is 0 Å². The number of nitrogens with two attached hydrogens (primary N) is 1. The van der Waals surface area contributed by atoms with Gasteiger partial charge in [-0.2, -0.15) is 0 Å². The molecule has 2 fully saturated rings. The van der Waals surface area contributed by atoms with Gasteiger partial charge in [0.1, 0.15) is 11.3 Å². The molecule has 3 aromatic heterocycles. The summed E-state index contributed by atoms with van der Waals surface area (Å²) in [6, 6.07) is 17.0. The zero-order chi connectivity index (χ0) is 36.8. The topological polar surface area (TPSA) is 119 Å². The van der Waals surface area contributed by atoms with Crippen LogP contribution in [-0.4, -0.2) is 43.6 Å². The van der Waals surface area contributed by atoms with Crippen molar-refractivity contribution in [2.45, 2.75) is 98.1 Å². The van der Waals surface area contributed by atoms with Crippen LogP contribution in [0.25, 0.3) is 28.2 Å². The summed E-state index contributed by atoms with van der Waals surface area (Å²) in [6.07, 6.45) is 17.4. The SMILES string of the molecule is CC.CC.CCc1c(NC2CCC3(CC2)CCN(Cc2ccc(-n4c(-c5cccnc5N)nc5ccc(C6C=CC=CC6)nc54)cc2)C3)c(=O)c1=O. The molecule has 52 heavy (non-hydrogen) atoms. The minimum atomic E-state index is -0.334. The highest BCUT2D eigenvalue weighted by Gasteiger charge is 2.41. The van der Waals surface area contributed by atoms with E-state index in [1.54, 1.807) is 6.20 Å². The first kappa shape index (κ1) is 36.9. The summed E-state index contributed by atoms with van der Waals surface area (Å²) < 4.78 is 2.11. The zero-order valence-electron chi connectivity index (χ0n) is 31.4. The predicted octanol–water partition coefficient (Wildman–Crippen LogP) is 8.12. The summed E-state index contributed by atoms with van der Waals surface area (Å²) in [5, 5.41) is 3.43. The fraction of sp³-hybridized carbons (Fsp3) is 0.419. The molecule has 1 atom stereocenters. The highest BCUT2D eigenvalue weighted by atomic mass is 16.2. The Hall–Kier alpha value is -4.89. The fourth-order valence-corrected chi connectivity index (χ4v) is 8.10. The van der Waals surface area contributed by atoms with Crippen LogP contribution >= 0.6 is 0 Å². The number of nitrogen functional groups attached to an aromatic ring is 1. The lowest BCUT2D eigenvalue weighted by Gasteiger charge is -2.38. The maximum absolute atomic E-state index is 12.1. The van der Waals surface area contributed by atoms with E-state index >= 15 is 0 Å². The number of imidazole rings is 1. The van der Waals surface area contributed by atoms with Crippen LogP contribution in [0.2, 0.25) is 0 Å². The molecule has 1 aliphatic heterocycles. The van der Waals surface area contributed by atoms with Crippen molar-refractivity contribution in [3.05, 3.63) is 116 Å². The first-order valence-corrected chi connectivity index (χ1v) is 19.3. The Bertz CT molecular complexity index is 2110. The normalized spacial score (nSPS) is 21.2. The Kier molecular flexibility index (Phi) is 11.5. The molecule has 0 amide bonds. The number of hydrogen-bond donors (Lipinski definition) is 2. The van der Waals surface area contributed by atoms with Gasteiger partial charge in [0.05, 0.1) is 16.9 Å². The summed E-state index contributed by atoms with van der Waals surface area (Å²) in [5.41, 5.74) is 13.0. The number of anilines is 2. The predicted molar refractivity (Wildman–Crippen MR) is 214 cm³/mol. The van der Waals surface area contributed by atoms with Gasteiger partial charge in [0.25, 0.3) is 0 Å². The van der Waals surface area contributed by atoms with Gasteiger partial charge in [0.2, 0.25) is 10.9 Å². The van der Waals surface area contributed by atoms with E-state index in [4.69, 9.17) is 15.7 Å². The third-order valence-electron chi connectivity index (χ3n) is 10.8. The molecular formula is C43H53N7O2. The van der Waals surface area contributed by atoms with E-state index in [0.29, 0.717) is 28.9 Å². The number of aromatic nitrogens is 4. The summed E-state index contributed by atoms with van der Waals surface area (Å²) in [7, 11) is 0. The number of allylic oxidation sites excluding steroid dienone is 4. The lowest BCUT2D eigenvalue weighted by molar-refractivity contribution is 0.176. The van der Waals surface area contributed by atoms with Crippen molar-refractivity contribution in [3.8, 4) is 17.1 Å². The average Bonchev–Trinajstić information content (AvgIpc) is 3.78. The second kappa shape index (κ2) is 16.2. The molecule has 272 valence electrons. The first-order chi connectivity index (χ1) is 25.4. The third-order valence-corrected chi connectivity index (χ3v) is 10.8. The minimum Gasteiger partial charge on any atom is -0.383 e. The first-order valence-electron chi connectivity index (χ1n) is 19.3. The van der Waals surface area contributed by atoms with E-state index in [2.05, 4.69) is 80.5 Å². The molecule has 0 bridgehead atoms. The van der Waals surface area contributed by atoms with Crippen LogP contribution in [0, 0.1) is 5.41 Å². The number of nitrogens with one attached hydrogen (secondary N) is 1. The van der Waals surface area contributed by atoms with Crippen LogP contribution in [0.5, 0.6) is 0 Å². The van der Waals surface area contributed by atoms with Gasteiger partial charge in [-0.25, -0.2) is 15.0 Å². The highest BCUT2D eigenvalue weighted by Crippen LogP contribution is 2.45. The number of nitrogens with zero attached hydrogens (tertiary/aromatic N) is 5. The number of pyridine rings is 2. The molecule has 3 N–H and O–H groups in total. The largest absolute Gasteiger partial charge is 0.383 e. The smallest absolute Gasteiger partial charge is 0.249 e. The highest BCUT2D eigenvalue weighted by molar-refractivity contribution is 5.83. The minimum absolute atomic E-state index is 0.232. The van der Waals surface area contributed by atoms with E-state index in [0.717, 1.165) is 85.7 Å². The summed E-state index contributed by atoms with van der Waals surface area (Å²) in [6.45, 7) is 13.0. The van der Waals surface area contributed by atoms with Crippen molar-refractivity contribution in [1.29, 1.82) is 0 Å². The number of fused-ring (bicyclic) bond motifs is 1. The van der Waals surface area contributed by atoms with Crippen LogP contribution < -0.4 is 21.9 Å². The second-order valence-electron chi connectivity index (χ2n) is 13.9. The van der Waals surface area contributed by atoms with Crippen LogP contribution in [0.3, 0.4) is 0 Å². The fourth-order valence-electron chi connectivity index (χ4n) is 8.10. The molecule has 1 spiro atoms. The Morgan fingerprint density at radius 3 is 2.38 bits per heavy atom. The lowest BCUT2D eigenvalue weighted by atomic mass is 9.72. The molecule has 1 saturated carbocycles. The number of rotatable bonds is 8. The Balaban J connectivity index is 0.00000112. The summed E-state index contributed by atoms with van der Waals surface area (Å²) in [5.74, 6) is 1.40. The molecule has 9 heteroatoms. The standard InChI is InChI=1S/C39H41N7O2.2C2H6/c1-2-29-33(35(48)34(29)47)42-27-16-18-39(19-17-27)20-22-45(24-39)23-25-10-12-28(13-11-25)46-37(30-9-6-21-41-36(30)40)44-32-15-14-31(43-38(32)46)26-7-4-3-5-8-26;2*1-2/h3-7,9-15,21,26-27,42H,2,8,16-20,22-24H2,1H3,(H2,40,41);2*1-2H3. The number of benzene rings is 1. The van der Waals surface area contributed by atoms with Crippen molar-refractivity contribution >= 4 is 22.7 Å². The van der Waals surface area contributed by atoms with Crippen molar-refractivity contribution in [2.75, 3.05) is 24.1 Å². The van der Waals surface area contributed by atoms with Crippen LogP contribution in [0.1, 0.15) is 95.9 Å². The molecule has 9 nitrogen and oxygen atoms in total. The van der Waals surface area contributed by atoms with Crippen LogP contribution in [0.15, 0.2) is 88.6 Å². The molecule has 8 rings (SSSR count). The molecule has 3 aliphatic rings. The molecule has 0 radical (unpaired) electrons. The molecular weight excluding hydrogens is 647 g/mol. The van der Waals surface area contributed by atoms with Gasteiger partial charge in [-0.05, 0) is 98.9 Å². The van der Waals surface area contributed by atoms with Crippen molar-refractivity contribution < 1.29 is 0 Å². The molecule has 1 saturated heterocycles. The molecule has 5 aromatic rings. The van der Waals surface area contributed by atoms with Gasteiger partial charge >= 0.3 is 0 Å². The van der Waals surface area contributed by atoms with Crippen LogP contribution in [-0.2, 0) is 13.0 Å². The number of likely N-dealkylation sites (tertiary alicyclic amines) is 1. The Labute approximate surface area is 307 Å². The third kappa shape index (κ3) is 7.24. The van der Waals surface area contributed by atoms with Crippen molar-refractivity contribution in [3.63, 3.8) is 0 Å². The maximum Gasteiger partial charge on any atom is 0.249 e. The van der Waals surface area contributed by atoms with Crippen molar-refractivity contribution in [1.82, 2.24) is 24.4 Å². The van der Waals surface area contributed by atoms with Crippen molar-refractivity contribution in [2.24, 2.45) is 5.41 Å². The molecule has 2 aliphatic carbocycles. The summed E-state index contributed by atoms with van der Waals surface area (Å²) in [4.78, 5) is 41.0. The Morgan fingerprint density at radius 2 is 1.69 bits per heavy atom. The monoisotopic (exact) mass is 699 g/mol. The maximum atomic E-state index is 12.1. The van der Waals surface area contributed by atoms with E-state index in [-0.39, 0.29) is 22.8 Å². The molecule has 1 unspecified atom stereocenters. The van der Waals surface area contributed by atoms with Crippen LogP contribution in [0.4, 0.5) is 11.5 Å². The molecule has 4 heterocycles. The van der Waals surface area contributed by atoms with Gasteiger partial charge in [-0.15, -0.1) is 0 Å². The van der Waals surface area contributed by atoms with E-state index in [9.17, 15) is 9.59 Å². The van der Waals surface area contributed by atoms with E-state index in [1.807, 2.05) is 46.8 Å². The molecule has 2 aromatic carbocycles. The zero-order valence-corrected chi connectivity index (χ0v) is 31.4. The average molecular weight is 700 g/mol.